The minimum atomic E-state index is 0.00411. The van der Waals surface area contributed by atoms with Crippen molar-refractivity contribution in [2.45, 2.75) is 18.9 Å². The van der Waals surface area contributed by atoms with Crippen molar-refractivity contribution in [3.8, 4) is 23.0 Å². The fourth-order valence-electron chi connectivity index (χ4n) is 3.57. The predicted octanol–water partition coefficient (Wildman–Crippen LogP) is 2.80. The number of piperidine rings is 1. The lowest BCUT2D eigenvalue weighted by Crippen LogP contribution is -2.41. The number of nitrogens with one attached hydrogen (secondary N) is 1. The zero-order chi connectivity index (χ0) is 19.6. The highest BCUT2D eigenvalue weighted by atomic mass is 16.5. The Bertz CT molecular complexity index is 1100. The van der Waals surface area contributed by atoms with Gasteiger partial charge in [-0.2, -0.15) is 4.98 Å². The largest absolute Gasteiger partial charge is 0.357 e. The number of amides is 1. The summed E-state index contributed by atoms with van der Waals surface area (Å²) in [5.74, 6) is 0.838. The van der Waals surface area contributed by atoms with E-state index in [4.69, 9.17) is 4.52 Å². The molecule has 1 aromatic carbocycles. The van der Waals surface area contributed by atoms with Gasteiger partial charge in [-0.3, -0.25) is 4.79 Å². The lowest BCUT2D eigenvalue weighted by Gasteiger charge is -2.32. The normalized spacial score (nSPS) is 16.8. The average Bonchev–Trinajstić information content (AvgIpc) is 3.55. The summed E-state index contributed by atoms with van der Waals surface area (Å²) in [5.41, 5.74) is 2.00. The molecule has 1 amide bonds. The summed E-state index contributed by atoms with van der Waals surface area (Å²) in [5, 5.41) is 12.5. The van der Waals surface area contributed by atoms with E-state index in [2.05, 4.69) is 25.4 Å². The number of aromatic amines is 1. The second kappa shape index (κ2) is 7.34. The molecule has 146 valence electrons. The summed E-state index contributed by atoms with van der Waals surface area (Å²) in [6, 6.07) is 13.3. The first-order valence-electron chi connectivity index (χ1n) is 9.52. The third kappa shape index (κ3) is 3.42. The van der Waals surface area contributed by atoms with Crippen LogP contribution in [0.5, 0.6) is 0 Å². The lowest BCUT2D eigenvalue weighted by atomic mass is 10.1. The standard InChI is InChI=1S/C20H19N7O2/c28-20(16-9-4-10-21-16)26-11-5-8-15(12-26)27-13-17(23-25-27)19-22-18(24-29-19)14-6-2-1-3-7-14/h1-4,6-7,9-10,13,15,21H,5,8,11-12H2. The van der Waals surface area contributed by atoms with Gasteiger partial charge >= 0.3 is 0 Å². The predicted molar refractivity (Wildman–Crippen MR) is 104 cm³/mol. The maximum atomic E-state index is 12.6. The lowest BCUT2D eigenvalue weighted by molar-refractivity contribution is 0.0666. The van der Waals surface area contributed by atoms with Crippen molar-refractivity contribution in [1.82, 2.24) is 35.0 Å². The molecule has 9 heteroatoms. The molecule has 29 heavy (non-hydrogen) atoms. The van der Waals surface area contributed by atoms with E-state index in [0.29, 0.717) is 29.6 Å². The molecule has 1 N–H and O–H groups in total. The average molecular weight is 389 g/mol. The number of hydrogen-bond donors (Lipinski definition) is 1. The molecular weight excluding hydrogens is 370 g/mol. The van der Waals surface area contributed by atoms with Crippen LogP contribution in [0.2, 0.25) is 0 Å². The number of benzene rings is 1. The maximum absolute atomic E-state index is 12.6. The number of H-pyrrole nitrogens is 1. The van der Waals surface area contributed by atoms with Gasteiger partial charge in [-0.05, 0) is 25.0 Å². The first kappa shape index (κ1) is 17.4. The van der Waals surface area contributed by atoms with Crippen molar-refractivity contribution >= 4 is 5.91 Å². The fourth-order valence-corrected chi connectivity index (χ4v) is 3.57. The number of aromatic nitrogens is 6. The topological polar surface area (TPSA) is 106 Å². The molecule has 0 radical (unpaired) electrons. The van der Waals surface area contributed by atoms with Crippen LogP contribution in [0.1, 0.15) is 29.4 Å². The van der Waals surface area contributed by atoms with Crippen LogP contribution < -0.4 is 0 Å². The molecule has 0 saturated carbocycles. The Kier molecular flexibility index (Phi) is 4.39. The zero-order valence-corrected chi connectivity index (χ0v) is 15.6. The maximum Gasteiger partial charge on any atom is 0.280 e. The summed E-state index contributed by atoms with van der Waals surface area (Å²) in [6.45, 7) is 1.32. The van der Waals surface area contributed by atoms with Gasteiger partial charge in [-0.15, -0.1) is 5.10 Å². The van der Waals surface area contributed by atoms with Gasteiger partial charge in [0.2, 0.25) is 5.82 Å². The highest BCUT2D eigenvalue weighted by molar-refractivity contribution is 5.92. The van der Waals surface area contributed by atoms with E-state index in [0.717, 1.165) is 24.9 Å². The monoisotopic (exact) mass is 389 g/mol. The smallest absolute Gasteiger partial charge is 0.280 e. The molecule has 1 atom stereocenters. The van der Waals surface area contributed by atoms with Gasteiger partial charge in [-0.25, -0.2) is 4.68 Å². The summed E-state index contributed by atoms with van der Waals surface area (Å²) in [7, 11) is 0. The number of nitrogens with zero attached hydrogens (tertiary/aromatic N) is 6. The Balaban J connectivity index is 1.32. The van der Waals surface area contributed by atoms with Crippen LogP contribution in [0.15, 0.2) is 59.4 Å². The van der Waals surface area contributed by atoms with Gasteiger partial charge < -0.3 is 14.4 Å². The number of hydrogen-bond acceptors (Lipinski definition) is 6. The van der Waals surface area contributed by atoms with Gasteiger partial charge in [-0.1, -0.05) is 40.7 Å². The van der Waals surface area contributed by atoms with Crippen molar-refractivity contribution in [1.29, 1.82) is 0 Å². The fraction of sp³-hybridized carbons (Fsp3) is 0.250. The molecular formula is C20H19N7O2. The van der Waals surface area contributed by atoms with Gasteiger partial charge in [0.1, 0.15) is 5.69 Å². The highest BCUT2D eigenvalue weighted by Gasteiger charge is 2.27. The van der Waals surface area contributed by atoms with Crippen molar-refractivity contribution in [2.24, 2.45) is 0 Å². The molecule has 9 nitrogen and oxygen atoms in total. The van der Waals surface area contributed by atoms with E-state index in [1.54, 1.807) is 23.1 Å². The number of carbonyl (C=O) groups excluding carboxylic acids is 1. The van der Waals surface area contributed by atoms with Crippen LogP contribution in [-0.4, -0.2) is 54.0 Å². The molecule has 1 fully saturated rings. The molecule has 4 heterocycles. The minimum Gasteiger partial charge on any atom is -0.357 e. The molecule has 1 aliphatic heterocycles. The Morgan fingerprint density at radius 2 is 2.07 bits per heavy atom. The number of carbonyl (C=O) groups is 1. The van der Waals surface area contributed by atoms with Crippen LogP contribution in [0.3, 0.4) is 0 Å². The van der Waals surface area contributed by atoms with Crippen LogP contribution in [0.25, 0.3) is 23.0 Å². The quantitative estimate of drug-likeness (QED) is 0.575. The van der Waals surface area contributed by atoms with Crippen LogP contribution in [0.4, 0.5) is 0 Å². The van der Waals surface area contributed by atoms with Gasteiger partial charge in [0.05, 0.1) is 12.2 Å². The van der Waals surface area contributed by atoms with E-state index >= 15 is 0 Å². The first-order valence-corrected chi connectivity index (χ1v) is 9.52. The molecule has 3 aromatic heterocycles. The Morgan fingerprint density at radius 3 is 2.90 bits per heavy atom. The Morgan fingerprint density at radius 1 is 1.17 bits per heavy atom. The van der Waals surface area contributed by atoms with E-state index in [-0.39, 0.29) is 11.9 Å². The van der Waals surface area contributed by atoms with E-state index < -0.39 is 0 Å². The molecule has 5 rings (SSSR count). The Labute approximate surface area is 166 Å². The van der Waals surface area contributed by atoms with Gasteiger partial charge in [0.15, 0.2) is 5.69 Å². The van der Waals surface area contributed by atoms with Crippen molar-refractivity contribution in [2.75, 3.05) is 13.1 Å². The second-order valence-electron chi connectivity index (χ2n) is 7.00. The minimum absolute atomic E-state index is 0.00411. The van der Waals surface area contributed by atoms with Crippen LogP contribution in [-0.2, 0) is 0 Å². The third-order valence-electron chi connectivity index (χ3n) is 5.07. The zero-order valence-electron chi connectivity index (χ0n) is 15.6. The van der Waals surface area contributed by atoms with E-state index in [9.17, 15) is 4.79 Å². The molecule has 1 aliphatic rings. The van der Waals surface area contributed by atoms with E-state index in [1.807, 2.05) is 41.3 Å². The molecule has 0 aliphatic carbocycles. The number of likely N-dealkylation sites (tertiary alicyclic amines) is 1. The van der Waals surface area contributed by atoms with Crippen molar-refractivity contribution in [3.63, 3.8) is 0 Å². The molecule has 1 saturated heterocycles. The SMILES string of the molecule is O=C(c1ccc[nH]1)N1CCCC(n2cc(-c3nc(-c4ccccc4)no3)nn2)C1. The second-order valence-corrected chi connectivity index (χ2v) is 7.00. The molecule has 0 bridgehead atoms. The summed E-state index contributed by atoms with van der Waals surface area (Å²) < 4.78 is 7.16. The third-order valence-corrected chi connectivity index (χ3v) is 5.07. The van der Waals surface area contributed by atoms with Crippen molar-refractivity contribution < 1.29 is 9.32 Å². The summed E-state index contributed by atoms with van der Waals surface area (Å²) in [4.78, 5) is 21.9. The summed E-state index contributed by atoms with van der Waals surface area (Å²) in [6.07, 6.45) is 5.39. The molecule has 0 spiro atoms. The van der Waals surface area contributed by atoms with Gasteiger partial charge in [0.25, 0.3) is 11.8 Å². The molecule has 4 aromatic rings. The molecule has 1 unspecified atom stereocenters. The van der Waals surface area contributed by atoms with Gasteiger partial charge in [0, 0.05) is 24.8 Å². The van der Waals surface area contributed by atoms with Crippen LogP contribution in [0, 0.1) is 0 Å². The summed E-state index contributed by atoms with van der Waals surface area (Å²) >= 11 is 0. The first-order chi connectivity index (χ1) is 14.3. The van der Waals surface area contributed by atoms with Crippen LogP contribution >= 0.6 is 0 Å². The Hall–Kier alpha value is -3.75. The van der Waals surface area contributed by atoms with E-state index in [1.165, 1.54) is 0 Å². The van der Waals surface area contributed by atoms with Crippen molar-refractivity contribution in [3.05, 3.63) is 60.6 Å². The highest BCUT2D eigenvalue weighted by Crippen LogP contribution is 2.25. The number of rotatable bonds is 4.